The highest BCUT2D eigenvalue weighted by atomic mass is 35.5. The number of phenolic OH excluding ortho intramolecular Hbond substituents is 1. The van der Waals surface area contributed by atoms with Gasteiger partial charge in [-0.3, -0.25) is 9.59 Å². The molecule has 2 aliphatic rings. The molecule has 4 atom stereocenters. The van der Waals surface area contributed by atoms with Crippen LogP contribution in [0.15, 0.2) is 216 Å². The fourth-order valence-electron chi connectivity index (χ4n) is 10.3. The zero-order chi connectivity index (χ0) is 64.1. The number of aromatic hydroxyl groups is 1. The number of thiophene rings is 2. The first kappa shape index (κ1) is 71.9. The maximum atomic E-state index is 13.5. The standard InChI is InChI=1S/C34H27F3N2O5S.C22H20N2O5.C12H8ClF3S.3CH4/c35-34(36,37)25-10-6-24(7-11-25)31-15-14-28(45-31)21-42-27-12-8-23(9-13-27)29(30-16-17-44-38-30)19-32(40)39-26(20-43-33(39)41)18-22-4-2-1-3-5-22;25-18-8-6-16(7-9-18)19(20-10-11-29-23-20)13-21(26)24-17(14-28-22(24)27)12-15-4-2-1-3-5-15;13-7-10-5-6-11(17-10)8-1-3-9(4-2-8)12(14,15)16;;;/h1-17,26,29H,18-21H2;1-11,17,19,25H,12-14H2;1-6H,7H2;3*1H4/t26-,29-;17-,19-;;;;/m00..../s1. The summed E-state index contributed by atoms with van der Waals surface area (Å²) in [7, 11) is 0. The third-order valence-electron chi connectivity index (χ3n) is 14.9. The number of imide groups is 2. The number of nitrogens with zero attached hydrogens (tertiary/aromatic N) is 4. The molecule has 12 rings (SSSR count). The fraction of sp³-hybridized carbons (Fsp3) is 0.239. The molecular weight excluding hydrogens is 1280 g/mol. The van der Waals surface area contributed by atoms with Crippen molar-refractivity contribution in [1.82, 2.24) is 20.1 Å². The van der Waals surface area contributed by atoms with Crippen molar-refractivity contribution in [3.63, 3.8) is 0 Å². The van der Waals surface area contributed by atoms with Crippen LogP contribution in [0, 0.1) is 0 Å². The number of amides is 4. The van der Waals surface area contributed by atoms with E-state index in [0.29, 0.717) is 41.4 Å². The van der Waals surface area contributed by atoms with Gasteiger partial charge >= 0.3 is 24.5 Å². The Morgan fingerprint density at radius 2 is 0.947 bits per heavy atom. The second kappa shape index (κ2) is 32.9. The van der Waals surface area contributed by atoms with Gasteiger partial charge in [-0.25, -0.2) is 19.4 Å². The summed E-state index contributed by atoms with van der Waals surface area (Å²) < 4.78 is 102. The molecule has 23 heteroatoms. The van der Waals surface area contributed by atoms with E-state index in [4.69, 9.17) is 34.9 Å². The van der Waals surface area contributed by atoms with Crippen molar-refractivity contribution >= 4 is 58.3 Å². The number of halogens is 7. The van der Waals surface area contributed by atoms with Crippen molar-refractivity contribution in [2.75, 3.05) is 13.2 Å². The first-order valence-corrected chi connectivity index (χ1v) is 30.5. The molecule has 4 aromatic heterocycles. The molecule has 2 saturated heterocycles. The monoisotopic (exact) mass is 1350 g/mol. The largest absolute Gasteiger partial charge is 0.508 e. The predicted octanol–water partition coefficient (Wildman–Crippen LogP) is 18.7. The van der Waals surface area contributed by atoms with E-state index in [2.05, 4.69) is 10.3 Å². The Hall–Kier alpha value is -9.51. The van der Waals surface area contributed by atoms with E-state index in [-0.39, 0.29) is 78.5 Å². The molecule has 14 nitrogen and oxygen atoms in total. The van der Waals surface area contributed by atoms with Crippen LogP contribution in [0.2, 0.25) is 0 Å². The topological polar surface area (TPSA) is 175 Å². The Bertz CT molecular complexity index is 3990. The van der Waals surface area contributed by atoms with Crippen LogP contribution in [-0.2, 0) is 56.7 Å². The highest BCUT2D eigenvalue weighted by molar-refractivity contribution is 7.15. The number of hydrogen-bond donors (Lipinski definition) is 1. The molecule has 2 aliphatic heterocycles. The number of rotatable bonds is 18. The minimum absolute atomic E-state index is 0. The normalized spacial score (nSPS) is 14.9. The summed E-state index contributed by atoms with van der Waals surface area (Å²) in [6.45, 7) is 0.583. The number of benzene rings is 6. The molecular formula is C71H67ClF6N4O10S2. The van der Waals surface area contributed by atoms with Crippen molar-refractivity contribution < 1.29 is 73.9 Å². The van der Waals surface area contributed by atoms with Crippen LogP contribution >= 0.6 is 34.3 Å². The molecule has 0 bridgehead atoms. The van der Waals surface area contributed by atoms with Gasteiger partial charge in [-0.1, -0.05) is 142 Å². The summed E-state index contributed by atoms with van der Waals surface area (Å²) in [4.78, 5) is 57.6. The number of phenols is 1. The van der Waals surface area contributed by atoms with Crippen LogP contribution in [0.5, 0.6) is 11.5 Å². The third kappa shape index (κ3) is 18.6. The number of ether oxygens (including phenoxy) is 3. The number of carbonyl (C=O) groups excluding carboxylic acids is 4. The van der Waals surface area contributed by atoms with Crippen LogP contribution < -0.4 is 4.74 Å². The van der Waals surface area contributed by atoms with Gasteiger partial charge in [0.25, 0.3) is 0 Å². The second-order valence-corrected chi connectivity index (χ2v) is 23.6. The van der Waals surface area contributed by atoms with E-state index < -0.39 is 53.5 Å². The lowest BCUT2D eigenvalue weighted by atomic mass is 9.91. The average Bonchev–Trinajstić information content (AvgIpc) is 1.72. The molecule has 0 spiro atoms. The summed E-state index contributed by atoms with van der Waals surface area (Å²) in [5.74, 6) is -0.440. The average molecular weight is 1350 g/mol. The molecule has 0 aliphatic carbocycles. The van der Waals surface area contributed by atoms with E-state index in [1.54, 1.807) is 48.5 Å². The number of cyclic esters (lactones) is 2. The van der Waals surface area contributed by atoms with Crippen molar-refractivity contribution in [3.8, 4) is 32.4 Å². The Balaban J connectivity index is 0.000000218. The van der Waals surface area contributed by atoms with Gasteiger partial charge in [0.2, 0.25) is 11.8 Å². The molecule has 492 valence electrons. The van der Waals surface area contributed by atoms with Gasteiger partial charge in [0, 0.05) is 56.3 Å². The van der Waals surface area contributed by atoms with Gasteiger partial charge in [0.15, 0.2) is 0 Å². The minimum atomic E-state index is -4.37. The van der Waals surface area contributed by atoms with Gasteiger partial charge < -0.3 is 28.4 Å². The predicted molar refractivity (Wildman–Crippen MR) is 348 cm³/mol. The van der Waals surface area contributed by atoms with Gasteiger partial charge in [-0.15, -0.1) is 34.3 Å². The Labute approximate surface area is 552 Å². The van der Waals surface area contributed by atoms with E-state index in [1.807, 2.05) is 97.1 Å². The molecule has 2 fully saturated rings. The summed E-state index contributed by atoms with van der Waals surface area (Å²) in [5, 5.41) is 17.6. The van der Waals surface area contributed by atoms with Crippen LogP contribution in [0.1, 0.15) is 101 Å². The summed E-state index contributed by atoms with van der Waals surface area (Å²) in [6.07, 6.45) is -6.02. The quantitative estimate of drug-likeness (QED) is 0.0637. The molecule has 94 heavy (non-hydrogen) atoms. The van der Waals surface area contributed by atoms with Crippen molar-refractivity contribution in [2.24, 2.45) is 0 Å². The summed E-state index contributed by atoms with van der Waals surface area (Å²) >= 11 is 8.60. The molecule has 0 saturated carbocycles. The second-order valence-electron chi connectivity index (χ2n) is 21.0. The first-order chi connectivity index (χ1) is 43.9. The van der Waals surface area contributed by atoms with Crippen molar-refractivity contribution in [3.05, 3.63) is 261 Å². The SMILES string of the molecule is C.C.C.FC(F)(F)c1ccc(-c2ccc(CCl)s2)cc1.O=C(C[C@@H](c1ccc(O)cc1)c1ccon1)N1C(=O)OC[C@@H]1Cc1ccccc1.O=C(C[C@@H](c1ccc(OCc2ccc(-c3ccc(C(F)(F)F)cc3)s2)cc1)c1ccon1)N1C(=O)OC[C@@H]1Cc1ccccc1. The number of alkyl halides is 7. The Kier molecular flexibility index (Phi) is 25.1. The van der Waals surface area contributed by atoms with Crippen LogP contribution in [0.4, 0.5) is 35.9 Å². The lowest BCUT2D eigenvalue weighted by molar-refractivity contribution is -0.138. The first-order valence-electron chi connectivity index (χ1n) is 28.3. The molecule has 4 amide bonds. The zero-order valence-electron chi connectivity index (χ0n) is 48.0. The third-order valence-corrected chi connectivity index (χ3v) is 17.6. The summed E-state index contributed by atoms with van der Waals surface area (Å²) in [6, 6.07) is 53.5. The van der Waals surface area contributed by atoms with E-state index in [0.717, 1.165) is 71.6 Å². The van der Waals surface area contributed by atoms with Crippen molar-refractivity contribution in [2.45, 2.75) is 96.7 Å². The molecule has 10 aromatic rings. The number of hydrogen-bond acceptors (Lipinski definition) is 14. The highest BCUT2D eigenvalue weighted by Gasteiger charge is 2.41. The summed E-state index contributed by atoms with van der Waals surface area (Å²) in [5.41, 5.74) is 4.90. The highest BCUT2D eigenvalue weighted by Crippen LogP contribution is 2.37. The number of carbonyl (C=O) groups is 4. The Morgan fingerprint density at radius 3 is 1.33 bits per heavy atom. The Morgan fingerprint density at radius 1 is 0.543 bits per heavy atom. The fourth-order valence-corrected chi connectivity index (χ4v) is 12.3. The van der Waals surface area contributed by atoms with Crippen LogP contribution in [0.3, 0.4) is 0 Å². The van der Waals surface area contributed by atoms with E-state index in [9.17, 15) is 50.6 Å². The maximum Gasteiger partial charge on any atom is 0.416 e. The number of aromatic nitrogens is 2. The van der Waals surface area contributed by atoms with Gasteiger partial charge in [-0.2, -0.15) is 26.3 Å². The van der Waals surface area contributed by atoms with Gasteiger partial charge in [-0.05, 0) is 119 Å². The molecule has 0 radical (unpaired) electrons. The van der Waals surface area contributed by atoms with Gasteiger partial charge in [0.05, 0.1) is 40.5 Å². The molecule has 0 unspecified atom stereocenters. The van der Waals surface area contributed by atoms with Crippen LogP contribution in [-0.4, -0.2) is 74.5 Å². The van der Waals surface area contributed by atoms with Crippen molar-refractivity contribution in [1.29, 1.82) is 0 Å². The van der Waals surface area contributed by atoms with Gasteiger partial charge in [0.1, 0.15) is 43.8 Å². The van der Waals surface area contributed by atoms with Crippen LogP contribution in [0.25, 0.3) is 20.9 Å². The smallest absolute Gasteiger partial charge is 0.416 e. The maximum absolute atomic E-state index is 13.5. The van der Waals surface area contributed by atoms with E-state index in [1.165, 1.54) is 69.3 Å². The molecule has 6 heterocycles. The zero-order valence-corrected chi connectivity index (χ0v) is 50.4. The molecule has 6 aromatic carbocycles. The minimum Gasteiger partial charge on any atom is -0.508 e. The lowest BCUT2D eigenvalue weighted by Crippen LogP contribution is -2.40. The molecule has 1 N–H and O–H groups in total. The van der Waals surface area contributed by atoms with E-state index >= 15 is 0 Å². The lowest BCUT2D eigenvalue weighted by Gasteiger charge is -2.22.